The minimum Gasteiger partial charge on any atom is -0.301 e. The van der Waals surface area contributed by atoms with E-state index in [-0.39, 0.29) is 12.1 Å². The molecule has 0 rings (SSSR count). The van der Waals surface area contributed by atoms with Crippen LogP contribution in [-0.2, 0) is 0 Å². The van der Waals surface area contributed by atoms with E-state index in [1.165, 1.54) is 0 Å². The summed E-state index contributed by atoms with van der Waals surface area (Å²) in [6.45, 7) is 19.3. The molecule has 0 aliphatic heterocycles. The van der Waals surface area contributed by atoms with Crippen LogP contribution >= 0.6 is 0 Å². The smallest absolute Gasteiger partial charge is 0.0955 e. The molecule has 4 nitrogen and oxygen atoms in total. The van der Waals surface area contributed by atoms with Gasteiger partial charge in [0, 0.05) is 13.1 Å². The summed E-state index contributed by atoms with van der Waals surface area (Å²) in [5.41, 5.74) is 0.593. The molecule has 0 fully saturated rings. The number of rotatable bonds is 11. The Kier molecular flexibility index (Phi) is 11.1. The molecule has 0 saturated carbocycles. The maximum absolute atomic E-state index is 9.37. The summed E-state index contributed by atoms with van der Waals surface area (Å²) in [6, 6.07) is 4.52. The first kappa shape index (κ1) is 24.9. The second-order valence-corrected chi connectivity index (χ2v) is 10.5. The Bertz CT molecular complexity index is 414. The maximum Gasteiger partial charge on any atom is 0.0955 e. The second-order valence-electron chi connectivity index (χ2n) is 10.5. The van der Waals surface area contributed by atoms with Gasteiger partial charge in [-0.15, -0.1) is 0 Å². The summed E-state index contributed by atoms with van der Waals surface area (Å²) in [6.07, 6.45) is 3.98. The largest absolute Gasteiger partial charge is 0.301 e. The molecular weight excluding hydrogens is 320 g/mol. The van der Waals surface area contributed by atoms with E-state index in [9.17, 15) is 10.5 Å². The highest BCUT2D eigenvalue weighted by atomic mass is 15.0. The second kappa shape index (κ2) is 11.6. The lowest BCUT2D eigenvalue weighted by atomic mass is 9.83. The summed E-state index contributed by atoms with van der Waals surface area (Å²) < 4.78 is 0. The zero-order valence-electron chi connectivity index (χ0n) is 18.4. The zero-order valence-corrected chi connectivity index (χ0v) is 18.4. The molecule has 0 unspecified atom stereocenters. The molecule has 150 valence electrons. The van der Waals surface area contributed by atoms with Crippen molar-refractivity contribution in [1.82, 2.24) is 10.6 Å². The molecule has 0 aromatic carbocycles. The van der Waals surface area contributed by atoms with Gasteiger partial charge in [-0.3, -0.25) is 0 Å². The first-order valence-corrected chi connectivity index (χ1v) is 10.1. The molecular formula is C22H42N4. The Labute approximate surface area is 162 Å². The van der Waals surface area contributed by atoms with Crippen molar-refractivity contribution in [1.29, 1.82) is 10.5 Å². The van der Waals surface area contributed by atoms with Crippen molar-refractivity contribution in [2.75, 3.05) is 13.1 Å². The van der Waals surface area contributed by atoms with Crippen LogP contribution in [-0.4, -0.2) is 25.2 Å². The Morgan fingerprint density at radius 1 is 0.692 bits per heavy atom. The van der Waals surface area contributed by atoms with Gasteiger partial charge in [-0.1, -0.05) is 55.4 Å². The Hall–Kier alpha value is -1.10. The summed E-state index contributed by atoms with van der Waals surface area (Å²) in [5.74, 6) is 1.04. The predicted octanol–water partition coefficient (Wildman–Crippen LogP) is 4.87. The fraction of sp³-hybridized carbons (Fsp3) is 0.909. The molecule has 26 heavy (non-hydrogen) atoms. The molecule has 0 aromatic rings. The minimum atomic E-state index is -0.116. The third kappa shape index (κ3) is 14.1. The first-order chi connectivity index (χ1) is 11.9. The van der Waals surface area contributed by atoms with Gasteiger partial charge in [-0.05, 0) is 48.3 Å². The number of hydrogen-bond donors (Lipinski definition) is 2. The van der Waals surface area contributed by atoms with E-state index in [2.05, 4.69) is 78.2 Å². The van der Waals surface area contributed by atoms with Crippen LogP contribution < -0.4 is 10.6 Å². The van der Waals surface area contributed by atoms with Gasteiger partial charge in [0.1, 0.15) is 0 Å². The quantitative estimate of drug-likeness (QED) is 0.514. The van der Waals surface area contributed by atoms with Crippen LogP contribution in [0, 0.1) is 45.3 Å². The van der Waals surface area contributed by atoms with Crippen LogP contribution in [0.5, 0.6) is 0 Å². The molecule has 0 aliphatic rings. The van der Waals surface area contributed by atoms with E-state index >= 15 is 0 Å². The van der Waals surface area contributed by atoms with Gasteiger partial charge < -0.3 is 10.6 Å². The van der Waals surface area contributed by atoms with Crippen molar-refractivity contribution in [3.05, 3.63) is 0 Å². The average Bonchev–Trinajstić information content (AvgIpc) is 2.45. The molecule has 4 heteroatoms. The first-order valence-electron chi connectivity index (χ1n) is 10.1. The van der Waals surface area contributed by atoms with Gasteiger partial charge in [0.05, 0.1) is 24.2 Å². The van der Waals surface area contributed by atoms with Crippen molar-refractivity contribution in [2.45, 2.75) is 93.2 Å². The fourth-order valence-electron chi connectivity index (χ4n) is 3.92. The molecule has 0 saturated heterocycles. The van der Waals surface area contributed by atoms with Gasteiger partial charge in [-0.25, -0.2) is 0 Å². The zero-order chi connectivity index (χ0) is 20.4. The highest BCUT2D eigenvalue weighted by Gasteiger charge is 2.20. The van der Waals surface area contributed by atoms with Gasteiger partial charge in [0.15, 0.2) is 0 Å². The standard InChI is InChI=1S/C22H42N4/c1-17(13-21(3,4)5)11-19(15-23)25-9-10-26-20(16-24)12-18(2)14-22(6,7)8/h17-20,25-26H,9-14H2,1-8H3/t17-,18-,19+,20+/m1/s1. The highest BCUT2D eigenvalue weighted by Crippen LogP contribution is 2.27. The van der Waals surface area contributed by atoms with Gasteiger partial charge in [0.2, 0.25) is 0 Å². The lowest BCUT2D eigenvalue weighted by Gasteiger charge is -2.25. The van der Waals surface area contributed by atoms with E-state index in [1.807, 2.05) is 0 Å². The van der Waals surface area contributed by atoms with Gasteiger partial charge in [0.25, 0.3) is 0 Å². The Morgan fingerprint density at radius 2 is 1.00 bits per heavy atom. The van der Waals surface area contributed by atoms with Crippen LogP contribution in [0.4, 0.5) is 0 Å². The van der Waals surface area contributed by atoms with E-state index in [4.69, 9.17) is 0 Å². The van der Waals surface area contributed by atoms with E-state index in [0.29, 0.717) is 35.8 Å². The molecule has 0 amide bonds. The Balaban J connectivity index is 4.16. The molecule has 0 heterocycles. The monoisotopic (exact) mass is 362 g/mol. The third-order valence-electron chi connectivity index (χ3n) is 4.42. The van der Waals surface area contributed by atoms with Crippen molar-refractivity contribution in [3.8, 4) is 12.1 Å². The van der Waals surface area contributed by atoms with Crippen molar-refractivity contribution in [3.63, 3.8) is 0 Å². The lowest BCUT2D eigenvalue weighted by molar-refractivity contribution is 0.281. The normalized spacial score (nSPS) is 17.0. The molecule has 0 aromatic heterocycles. The van der Waals surface area contributed by atoms with Crippen LogP contribution in [0.3, 0.4) is 0 Å². The van der Waals surface area contributed by atoms with Crippen molar-refractivity contribution < 1.29 is 0 Å². The number of nitrogens with zero attached hydrogens (tertiary/aromatic N) is 2. The van der Waals surface area contributed by atoms with E-state index in [1.54, 1.807) is 0 Å². The van der Waals surface area contributed by atoms with Crippen LogP contribution in [0.1, 0.15) is 81.1 Å². The summed E-state index contributed by atoms with van der Waals surface area (Å²) in [7, 11) is 0. The number of nitrogens with one attached hydrogen (secondary N) is 2. The third-order valence-corrected chi connectivity index (χ3v) is 4.42. The number of nitriles is 2. The maximum atomic E-state index is 9.37. The van der Waals surface area contributed by atoms with Crippen LogP contribution in [0.15, 0.2) is 0 Å². The number of hydrogen-bond acceptors (Lipinski definition) is 4. The molecule has 0 bridgehead atoms. The molecule has 0 spiro atoms. The summed E-state index contributed by atoms with van der Waals surface area (Å²) in [4.78, 5) is 0. The van der Waals surface area contributed by atoms with Gasteiger partial charge in [-0.2, -0.15) is 10.5 Å². The fourth-order valence-corrected chi connectivity index (χ4v) is 3.92. The minimum absolute atomic E-state index is 0.116. The molecule has 2 N–H and O–H groups in total. The van der Waals surface area contributed by atoms with Crippen molar-refractivity contribution in [2.24, 2.45) is 22.7 Å². The summed E-state index contributed by atoms with van der Waals surface area (Å²) >= 11 is 0. The topological polar surface area (TPSA) is 71.6 Å². The average molecular weight is 363 g/mol. The molecule has 4 atom stereocenters. The van der Waals surface area contributed by atoms with E-state index in [0.717, 1.165) is 25.7 Å². The predicted molar refractivity (Wildman–Crippen MR) is 111 cm³/mol. The lowest BCUT2D eigenvalue weighted by Crippen LogP contribution is -2.39. The highest BCUT2D eigenvalue weighted by molar-refractivity contribution is 4.93. The molecule has 0 aliphatic carbocycles. The summed E-state index contributed by atoms with van der Waals surface area (Å²) in [5, 5.41) is 25.4. The Morgan fingerprint density at radius 3 is 1.23 bits per heavy atom. The van der Waals surface area contributed by atoms with E-state index < -0.39 is 0 Å². The van der Waals surface area contributed by atoms with Crippen LogP contribution in [0.2, 0.25) is 0 Å². The van der Waals surface area contributed by atoms with Gasteiger partial charge >= 0.3 is 0 Å². The SMILES string of the molecule is C[C@H](C[C@@H](C#N)NCCN[C@H](C#N)C[C@@H](C)CC(C)(C)C)CC(C)(C)C. The molecule has 0 radical (unpaired) electrons. The van der Waals surface area contributed by atoms with Crippen LogP contribution in [0.25, 0.3) is 0 Å². The van der Waals surface area contributed by atoms with Crippen molar-refractivity contribution >= 4 is 0 Å².